The van der Waals surface area contributed by atoms with Crippen LogP contribution in [0.15, 0.2) is 24.3 Å². The quantitative estimate of drug-likeness (QED) is 0.147. The van der Waals surface area contributed by atoms with Gasteiger partial charge in [-0.15, -0.1) is 0 Å². The van der Waals surface area contributed by atoms with Gasteiger partial charge in [-0.05, 0) is 30.0 Å². The molecule has 12 nitrogen and oxygen atoms in total. The summed E-state index contributed by atoms with van der Waals surface area (Å²) in [5, 5.41) is 34.8. The van der Waals surface area contributed by atoms with Gasteiger partial charge < -0.3 is 37.0 Å². The lowest BCUT2D eigenvalue weighted by atomic mass is 10.0. The molecule has 0 saturated heterocycles. The van der Waals surface area contributed by atoms with Crippen LogP contribution in [0.2, 0.25) is 0 Å². The molecule has 0 aliphatic carbocycles. The number of phenolic OH excluding ortho intramolecular Hbond substituents is 1. The molecule has 0 radical (unpaired) electrons. The monoisotopic (exact) mass is 512 g/mol. The fraction of sp³-hybridized carbons (Fsp3) is 0.500. The summed E-state index contributed by atoms with van der Waals surface area (Å²) < 4.78 is 0. The van der Waals surface area contributed by atoms with Gasteiger partial charge in [-0.25, -0.2) is 4.79 Å². The minimum Gasteiger partial charge on any atom is -0.508 e. The highest BCUT2D eigenvalue weighted by molar-refractivity contribution is 7.80. The average Bonchev–Trinajstić information content (AvgIpc) is 2.79. The number of phenols is 1. The predicted molar refractivity (Wildman–Crippen MR) is 129 cm³/mol. The summed E-state index contributed by atoms with van der Waals surface area (Å²) in [7, 11) is 0. The van der Waals surface area contributed by atoms with E-state index in [9.17, 15) is 29.1 Å². The molecule has 13 heteroatoms. The molecule has 35 heavy (non-hydrogen) atoms. The summed E-state index contributed by atoms with van der Waals surface area (Å²) in [6.45, 7) is 3.46. The van der Waals surface area contributed by atoms with Crippen molar-refractivity contribution in [3.05, 3.63) is 29.8 Å². The predicted octanol–water partition coefficient (Wildman–Crippen LogP) is -0.748. The molecule has 1 rings (SSSR count). The molecule has 0 aliphatic rings. The summed E-state index contributed by atoms with van der Waals surface area (Å²) in [4.78, 5) is 60.6. The lowest BCUT2D eigenvalue weighted by Crippen LogP contribution is -2.58. The highest BCUT2D eigenvalue weighted by Crippen LogP contribution is 2.12. The van der Waals surface area contributed by atoms with Crippen LogP contribution in [-0.4, -0.2) is 74.9 Å². The van der Waals surface area contributed by atoms with E-state index in [1.165, 1.54) is 12.1 Å². The maximum atomic E-state index is 13.1. The van der Waals surface area contributed by atoms with Gasteiger partial charge in [-0.2, -0.15) is 12.6 Å². The van der Waals surface area contributed by atoms with Crippen LogP contribution in [0.4, 0.5) is 0 Å². The number of carbonyl (C=O) groups is 5. The van der Waals surface area contributed by atoms with Crippen LogP contribution >= 0.6 is 12.6 Å². The smallest absolute Gasteiger partial charge is 0.327 e. The van der Waals surface area contributed by atoms with Crippen LogP contribution in [0.1, 0.15) is 32.3 Å². The lowest BCUT2D eigenvalue weighted by molar-refractivity contribution is -0.142. The molecule has 0 aliphatic heterocycles. The van der Waals surface area contributed by atoms with Crippen molar-refractivity contribution in [2.75, 3.05) is 5.75 Å². The minimum absolute atomic E-state index is 0.00296. The Morgan fingerprint density at radius 2 is 1.40 bits per heavy atom. The van der Waals surface area contributed by atoms with Crippen molar-refractivity contribution >= 4 is 42.3 Å². The topological polar surface area (TPSA) is 208 Å². The van der Waals surface area contributed by atoms with Crippen molar-refractivity contribution in [3.63, 3.8) is 0 Å². The molecule has 3 amide bonds. The average molecular weight is 513 g/mol. The molecule has 0 fully saturated rings. The lowest BCUT2D eigenvalue weighted by Gasteiger charge is -2.25. The maximum absolute atomic E-state index is 13.1. The first-order valence-electron chi connectivity index (χ1n) is 10.9. The normalized spacial score (nSPS) is 14.3. The maximum Gasteiger partial charge on any atom is 0.327 e. The number of aliphatic carboxylic acids is 2. The van der Waals surface area contributed by atoms with E-state index < -0.39 is 60.2 Å². The molecule has 0 saturated carbocycles. The highest BCUT2D eigenvalue weighted by atomic mass is 32.1. The van der Waals surface area contributed by atoms with E-state index in [1.807, 2.05) is 0 Å². The number of hydrogen-bond donors (Lipinski definition) is 8. The van der Waals surface area contributed by atoms with Gasteiger partial charge in [-0.3, -0.25) is 19.2 Å². The van der Waals surface area contributed by atoms with E-state index in [0.717, 1.165) is 0 Å². The number of benzene rings is 1. The number of thiol groups is 1. The Morgan fingerprint density at radius 1 is 0.886 bits per heavy atom. The highest BCUT2D eigenvalue weighted by Gasteiger charge is 2.31. The van der Waals surface area contributed by atoms with E-state index in [4.69, 9.17) is 15.9 Å². The zero-order chi connectivity index (χ0) is 26.7. The van der Waals surface area contributed by atoms with Crippen LogP contribution in [0, 0.1) is 5.92 Å². The Hall–Kier alpha value is -3.32. The molecule has 1 aromatic carbocycles. The second kappa shape index (κ2) is 14.2. The molecule has 0 heterocycles. The van der Waals surface area contributed by atoms with Crippen molar-refractivity contribution in [1.29, 1.82) is 0 Å². The van der Waals surface area contributed by atoms with Gasteiger partial charge in [0, 0.05) is 18.6 Å². The van der Waals surface area contributed by atoms with Gasteiger partial charge >= 0.3 is 11.9 Å². The number of carbonyl (C=O) groups excluding carboxylic acids is 3. The van der Waals surface area contributed by atoms with Crippen molar-refractivity contribution in [2.45, 2.75) is 57.3 Å². The van der Waals surface area contributed by atoms with E-state index in [1.54, 1.807) is 26.0 Å². The Morgan fingerprint density at radius 3 is 1.89 bits per heavy atom. The number of nitrogens with one attached hydrogen (secondary N) is 3. The van der Waals surface area contributed by atoms with Crippen molar-refractivity contribution in [3.8, 4) is 5.75 Å². The summed E-state index contributed by atoms with van der Waals surface area (Å²) in [6.07, 6.45) is -0.828. The third kappa shape index (κ3) is 10.2. The van der Waals surface area contributed by atoms with Crippen LogP contribution in [0.5, 0.6) is 5.75 Å². The number of nitrogens with two attached hydrogens (primary N) is 1. The van der Waals surface area contributed by atoms with Gasteiger partial charge in [0.05, 0.1) is 6.04 Å². The number of aromatic hydroxyl groups is 1. The van der Waals surface area contributed by atoms with Gasteiger partial charge in [0.25, 0.3) is 0 Å². The van der Waals surface area contributed by atoms with Crippen LogP contribution in [0.25, 0.3) is 0 Å². The molecule has 4 unspecified atom stereocenters. The zero-order valence-corrected chi connectivity index (χ0v) is 20.3. The second-order valence-corrected chi connectivity index (χ2v) is 8.64. The zero-order valence-electron chi connectivity index (χ0n) is 19.4. The third-order valence-electron chi connectivity index (χ3n) is 5.11. The standard InChI is InChI=1S/C22H32N4O8S/c1-11(2)18(23)21(32)25-15(9-12-3-5-13(27)6-4-12)20(31)24-14(7-8-17(28)29)19(30)26-16(10-35)22(33)34/h3-6,11,14-16,18,27,35H,7-10,23H2,1-2H3,(H,24,31)(H,25,32)(H,26,30)(H,28,29)(H,33,34). The van der Waals surface area contributed by atoms with Crippen LogP contribution < -0.4 is 21.7 Å². The molecule has 0 bridgehead atoms. The Balaban J connectivity index is 3.14. The van der Waals surface area contributed by atoms with Crippen LogP contribution in [0.3, 0.4) is 0 Å². The van der Waals surface area contributed by atoms with Crippen molar-refractivity contribution in [2.24, 2.45) is 11.7 Å². The summed E-state index contributed by atoms with van der Waals surface area (Å²) in [6, 6.07) is 1.04. The van der Waals surface area contributed by atoms with Gasteiger partial charge in [0.15, 0.2) is 0 Å². The van der Waals surface area contributed by atoms with E-state index in [0.29, 0.717) is 5.56 Å². The SMILES string of the molecule is CC(C)C(N)C(=O)NC(Cc1ccc(O)cc1)C(=O)NC(CCC(=O)O)C(=O)NC(CS)C(=O)O. The van der Waals surface area contributed by atoms with E-state index >= 15 is 0 Å². The molecule has 0 spiro atoms. The van der Waals surface area contributed by atoms with Gasteiger partial charge in [0.2, 0.25) is 17.7 Å². The molecule has 8 N–H and O–H groups in total. The first kappa shape index (κ1) is 29.7. The number of rotatable bonds is 14. The van der Waals surface area contributed by atoms with Crippen LogP contribution in [-0.2, 0) is 30.4 Å². The minimum atomic E-state index is -1.39. The van der Waals surface area contributed by atoms with Gasteiger partial charge in [-0.1, -0.05) is 26.0 Å². The number of amides is 3. The second-order valence-electron chi connectivity index (χ2n) is 8.28. The van der Waals surface area contributed by atoms with E-state index in [2.05, 4.69) is 28.6 Å². The molecule has 1 aromatic rings. The molecule has 194 valence electrons. The molecular formula is C22H32N4O8S. The Kier molecular flexibility index (Phi) is 12.0. The molecule has 0 aromatic heterocycles. The first-order chi connectivity index (χ1) is 16.3. The fourth-order valence-corrected chi connectivity index (χ4v) is 3.16. The largest absolute Gasteiger partial charge is 0.508 e. The molecule has 4 atom stereocenters. The fourth-order valence-electron chi connectivity index (χ4n) is 2.91. The summed E-state index contributed by atoms with van der Waals surface area (Å²) in [5.41, 5.74) is 6.46. The first-order valence-corrected chi connectivity index (χ1v) is 11.5. The van der Waals surface area contributed by atoms with Crippen molar-refractivity contribution < 1.29 is 39.3 Å². The van der Waals surface area contributed by atoms with E-state index in [-0.39, 0.29) is 30.3 Å². The molecular weight excluding hydrogens is 480 g/mol. The third-order valence-corrected chi connectivity index (χ3v) is 5.47. The summed E-state index contributed by atoms with van der Waals surface area (Å²) in [5.74, 6) is -5.34. The Labute approximate surface area is 208 Å². The number of carboxylic acids is 2. The van der Waals surface area contributed by atoms with Crippen molar-refractivity contribution in [1.82, 2.24) is 16.0 Å². The number of hydrogen-bond acceptors (Lipinski definition) is 8. The van der Waals surface area contributed by atoms with Gasteiger partial charge in [0.1, 0.15) is 23.9 Å². The Bertz CT molecular complexity index is 909. The number of carboxylic acid groups (broad SMARTS) is 2. The summed E-state index contributed by atoms with van der Waals surface area (Å²) >= 11 is 3.87.